The van der Waals surface area contributed by atoms with Gasteiger partial charge in [-0.1, -0.05) is 0 Å². The fraction of sp³-hybridized carbons (Fsp3) is 0.333. The van der Waals surface area contributed by atoms with E-state index in [1.165, 1.54) is 6.07 Å². The number of fused-ring (bicyclic) bond motifs is 1. The van der Waals surface area contributed by atoms with E-state index >= 15 is 0 Å². The van der Waals surface area contributed by atoms with E-state index in [0.717, 1.165) is 0 Å². The second-order valence-electron chi connectivity index (χ2n) is 3.09. The van der Waals surface area contributed by atoms with E-state index in [9.17, 15) is 10.1 Å². The molecule has 15 heavy (non-hydrogen) atoms. The lowest BCUT2D eigenvalue weighted by Crippen LogP contribution is -2.16. The van der Waals surface area contributed by atoms with Crippen LogP contribution in [0.25, 0.3) is 0 Å². The molecule has 1 aliphatic heterocycles. The Morgan fingerprint density at radius 1 is 1.33 bits per heavy atom. The van der Waals surface area contributed by atoms with Gasteiger partial charge >= 0.3 is 0 Å². The summed E-state index contributed by atoms with van der Waals surface area (Å²) in [5.74, 6) is 0.928. The van der Waals surface area contributed by atoms with E-state index in [0.29, 0.717) is 30.3 Å². The van der Waals surface area contributed by atoms with Gasteiger partial charge in [0.2, 0.25) is 0 Å². The Morgan fingerprint density at radius 2 is 1.93 bits per heavy atom. The molecule has 0 aliphatic carbocycles. The van der Waals surface area contributed by atoms with Gasteiger partial charge in [-0.25, -0.2) is 0 Å². The number of rotatable bonds is 2. The molecule has 0 spiro atoms. The van der Waals surface area contributed by atoms with Crippen LogP contribution in [0, 0.1) is 10.1 Å². The van der Waals surface area contributed by atoms with Crippen molar-refractivity contribution in [3.8, 4) is 11.5 Å². The van der Waals surface area contributed by atoms with Gasteiger partial charge in [-0.15, -0.1) is 0 Å². The first-order chi connectivity index (χ1) is 7.22. The number of nitrogens with two attached hydrogens (primary N) is 1. The van der Waals surface area contributed by atoms with Crippen molar-refractivity contribution in [2.24, 2.45) is 5.73 Å². The van der Waals surface area contributed by atoms with Crippen molar-refractivity contribution in [3.05, 3.63) is 27.8 Å². The van der Waals surface area contributed by atoms with E-state index in [2.05, 4.69) is 0 Å². The summed E-state index contributed by atoms with van der Waals surface area (Å²) >= 11 is 0. The minimum absolute atomic E-state index is 0.0262. The first-order valence-electron chi connectivity index (χ1n) is 4.49. The van der Waals surface area contributed by atoms with Crippen LogP contribution in [0.5, 0.6) is 11.5 Å². The molecular weight excluding hydrogens is 200 g/mol. The van der Waals surface area contributed by atoms with Crippen LogP contribution in [0.3, 0.4) is 0 Å². The number of benzene rings is 1. The summed E-state index contributed by atoms with van der Waals surface area (Å²) in [6.45, 7) is 0.966. The third kappa shape index (κ3) is 1.71. The summed E-state index contributed by atoms with van der Waals surface area (Å²) in [5.41, 5.74) is 5.84. The average molecular weight is 210 g/mol. The Kier molecular flexibility index (Phi) is 2.42. The zero-order valence-corrected chi connectivity index (χ0v) is 7.93. The van der Waals surface area contributed by atoms with Gasteiger partial charge in [0, 0.05) is 12.1 Å². The molecule has 1 aromatic rings. The summed E-state index contributed by atoms with van der Waals surface area (Å²) in [7, 11) is 0. The van der Waals surface area contributed by atoms with E-state index in [1.54, 1.807) is 6.07 Å². The van der Waals surface area contributed by atoms with Crippen molar-refractivity contribution in [1.82, 2.24) is 0 Å². The van der Waals surface area contributed by atoms with E-state index in [1.807, 2.05) is 0 Å². The molecule has 0 radical (unpaired) electrons. The second kappa shape index (κ2) is 3.74. The molecule has 0 atom stereocenters. The number of hydrogen-bond acceptors (Lipinski definition) is 5. The summed E-state index contributed by atoms with van der Waals surface area (Å²) in [6.07, 6.45) is 0. The number of ether oxygens (including phenoxy) is 2. The Labute approximate surface area is 85.7 Å². The number of hydrogen-bond donors (Lipinski definition) is 1. The van der Waals surface area contributed by atoms with Crippen LogP contribution in [0.2, 0.25) is 0 Å². The molecule has 2 N–H and O–H groups in total. The second-order valence-corrected chi connectivity index (χ2v) is 3.09. The highest BCUT2D eigenvalue weighted by Crippen LogP contribution is 2.36. The molecule has 0 saturated carbocycles. The summed E-state index contributed by atoms with van der Waals surface area (Å²) in [6, 6.07) is 2.92. The smallest absolute Gasteiger partial charge is 0.277 e. The maximum Gasteiger partial charge on any atom is 0.277 e. The predicted molar refractivity (Wildman–Crippen MR) is 52.0 cm³/mol. The van der Waals surface area contributed by atoms with Gasteiger partial charge in [0.25, 0.3) is 5.69 Å². The average Bonchev–Trinajstić information content (AvgIpc) is 2.27. The van der Waals surface area contributed by atoms with E-state index in [-0.39, 0.29) is 12.2 Å². The molecule has 80 valence electrons. The molecule has 0 unspecified atom stereocenters. The Balaban J connectivity index is 2.51. The highest BCUT2D eigenvalue weighted by Gasteiger charge is 2.20. The number of nitrogens with zero attached hydrogens (tertiary/aromatic N) is 1. The van der Waals surface area contributed by atoms with Crippen LogP contribution >= 0.6 is 0 Å². The standard InChI is InChI=1S/C9H10N2O4/c10-5-6-3-8-9(15-2-1-14-8)4-7(6)11(12)13/h3-4H,1-2,5,10H2. The molecule has 0 aromatic heterocycles. The fourth-order valence-electron chi connectivity index (χ4n) is 1.45. The van der Waals surface area contributed by atoms with Crippen molar-refractivity contribution < 1.29 is 14.4 Å². The first-order valence-corrected chi connectivity index (χ1v) is 4.49. The minimum Gasteiger partial charge on any atom is -0.486 e. The molecule has 1 aromatic carbocycles. The van der Waals surface area contributed by atoms with E-state index in [4.69, 9.17) is 15.2 Å². The molecule has 1 heterocycles. The molecule has 0 amide bonds. The summed E-state index contributed by atoms with van der Waals surface area (Å²) in [4.78, 5) is 10.2. The van der Waals surface area contributed by atoms with Crippen LogP contribution in [0.1, 0.15) is 5.56 Å². The Hall–Kier alpha value is -1.82. The number of nitro benzene ring substituents is 1. The molecular formula is C9H10N2O4. The van der Waals surface area contributed by atoms with Gasteiger partial charge in [-0.3, -0.25) is 10.1 Å². The van der Waals surface area contributed by atoms with E-state index < -0.39 is 4.92 Å². The zero-order chi connectivity index (χ0) is 10.8. The van der Waals surface area contributed by atoms with Gasteiger partial charge < -0.3 is 15.2 Å². The topological polar surface area (TPSA) is 87.6 Å². The third-order valence-electron chi connectivity index (χ3n) is 2.16. The van der Waals surface area contributed by atoms with Crippen molar-refractivity contribution >= 4 is 5.69 Å². The highest BCUT2D eigenvalue weighted by molar-refractivity contribution is 5.54. The monoisotopic (exact) mass is 210 g/mol. The van der Waals surface area contributed by atoms with Crippen molar-refractivity contribution in [2.75, 3.05) is 13.2 Å². The maximum absolute atomic E-state index is 10.7. The molecule has 6 nitrogen and oxygen atoms in total. The fourth-order valence-corrected chi connectivity index (χ4v) is 1.45. The first kappa shape index (κ1) is 9.72. The van der Waals surface area contributed by atoms with Crippen molar-refractivity contribution in [3.63, 3.8) is 0 Å². The van der Waals surface area contributed by atoms with Crippen LogP contribution < -0.4 is 15.2 Å². The summed E-state index contributed by atoms with van der Waals surface area (Å²) < 4.78 is 10.5. The largest absolute Gasteiger partial charge is 0.486 e. The van der Waals surface area contributed by atoms with Gasteiger partial charge in [-0.05, 0) is 6.07 Å². The van der Waals surface area contributed by atoms with Gasteiger partial charge in [0.1, 0.15) is 13.2 Å². The van der Waals surface area contributed by atoms with Crippen LogP contribution in [0.4, 0.5) is 5.69 Å². The lowest BCUT2D eigenvalue weighted by molar-refractivity contribution is -0.385. The normalized spacial score (nSPS) is 13.7. The lowest BCUT2D eigenvalue weighted by Gasteiger charge is -2.18. The maximum atomic E-state index is 10.7. The van der Waals surface area contributed by atoms with Gasteiger partial charge in [0.15, 0.2) is 11.5 Å². The van der Waals surface area contributed by atoms with Crippen molar-refractivity contribution in [2.45, 2.75) is 6.54 Å². The Morgan fingerprint density at radius 3 is 2.47 bits per heavy atom. The lowest BCUT2D eigenvalue weighted by atomic mass is 10.1. The highest BCUT2D eigenvalue weighted by atomic mass is 16.6. The quantitative estimate of drug-likeness (QED) is 0.576. The molecule has 0 bridgehead atoms. The Bertz CT molecular complexity index is 405. The molecule has 0 fully saturated rings. The molecule has 0 saturated heterocycles. The van der Waals surface area contributed by atoms with Crippen molar-refractivity contribution in [1.29, 1.82) is 0 Å². The predicted octanol–water partition coefficient (Wildman–Crippen LogP) is 0.825. The van der Waals surface area contributed by atoms with Crippen LogP contribution in [0.15, 0.2) is 12.1 Å². The van der Waals surface area contributed by atoms with Gasteiger partial charge in [-0.2, -0.15) is 0 Å². The van der Waals surface area contributed by atoms with Gasteiger partial charge in [0.05, 0.1) is 11.0 Å². The molecule has 1 aliphatic rings. The number of nitro groups is 1. The van der Waals surface area contributed by atoms with Crippen LogP contribution in [-0.2, 0) is 6.54 Å². The summed E-state index contributed by atoms with van der Waals surface area (Å²) in [5, 5.41) is 10.7. The SMILES string of the molecule is NCc1cc2c(cc1[N+](=O)[O-])OCCO2. The molecule has 6 heteroatoms. The van der Waals surface area contributed by atoms with Crippen LogP contribution in [-0.4, -0.2) is 18.1 Å². The zero-order valence-electron chi connectivity index (χ0n) is 7.93. The minimum atomic E-state index is -0.472. The molecule has 2 rings (SSSR count). The third-order valence-corrected chi connectivity index (χ3v) is 2.16.